The fourth-order valence-corrected chi connectivity index (χ4v) is 3.88. The van der Waals surface area contributed by atoms with Gasteiger partial charge in [0.1, 0.15) is 5.69 Å². The average molecular weight is 447 g/mol. The van der Waals surface area contributed by atoms with Gasteiger partial charge in [-0.3, -0.25) is 14.9 Å². The molecule has 31 heavy (non-hydrogen) atoms. The van der Waals surface area contributed by atoms with Crippen LogP contribution in [0.25, 0.3) is 6.08 Å². The number of carbonyl (C=O) groups excluding carboxylic acids is 2. The lowest BCUT2D eigenvalue weighted by molar-refractivity contribution is -0.115. The Morgan fingerprint density at radius 3 is 2.29 bits per heavy atom. The van der Waals surface area contributed by atoms with Crippen LogP contribution < -0.4 is 15.1 Å². The summed E-state index contributed by atoms with van der Waals surface area (Å²) in [6.07, 6.45) is 5.22. The van der Waals surface area contributed by atoms with Crippen molar-refractivity contribution in [2.45, 2.75) is 19.3 Å². The maximum Gasteiger partial charge on any atom is 0.290 e. The lowest BCUT2D eigenvalue weighted by atomic mass is 10.2. The topological polar surface area (TPSA) is 104 Å². The van der Waals surface area contributed by atoms with Crippen LogP contribution in [0.4, 0.5) is 25.5 Å². The van der Waals surface area contributed by atoms with Gasteiger partial charge in [0.15, 0.2) is 0 Å². The van der Waals surface area contributed by atoms with E-state index in [-0.39, 0.29) is 16.5 Å². The van der Waals surface area contributed by atoms with Crippen LogP contribution in [0, 0.1) is 0 Å². The average Bonchev–Trinajstić information content (AvgIpc) is 2.93. The highest BCUT2D eigenvalue weighted by Crippen LogP contribution is 2.27. The van der Waals surface area contributed by atoms with Gasteiger partial charge in [0.05, 0.1) is 10.6 Å². The smallest absolute Gasteiger partial charge is 0.290 e. The zero-order valence-electron chi connectivity index (χ0n) is 16.6. The molecule has 9 nitrogen and oxygen atoms in total. The number of hydrogen-bond acceptors (Lipinski definition) is 9. The van der Waals surface area contributed by atoms with Crippen LogP contribution in [-0.2, 0) is 10.7 Å². The van der Waals surface area contributed by atoms with Gasteiger partial charge in [-0.2, -0.15) is 8.78 Å². The van der Waals surface area contributed by atoms with Gasteiger partial charge in [-0.25, -0.2) is 19.9 Å². The van der Waals surface area contributed by atoms with Crippen molar-refractivity contribution in [1.82, 2.24) is 25.3 Å². The number of aromatic nitrogens is 4. The van der Waals surface area contributed by atoms with Crippen LogP contribution >= 0.6 is 11.8 Å². The van der Waals surface area contributed by atoms with E-state index in [4.69, 9.17) is 0 Å². The quantitative estimate of drug-likeness (QED) is 0.708. The molecule has 0 saturated carbocycles. The van der Waals surface area contributed by atoms with Gasteiger partial charge >= 0.3 is 0 Å². The van der Waals surface area contributed by atoms with Crippen molar-refractivity contribution in [2.75, 3.05) is 36.0 Å². The summed E-state index contributed by atoms with van der Waals surface area (Å²) in [7, 11) is 0. The summed E-state index contributed by atoms with van der Waals surface area (Å²) in [6.45, 7) is 3.14. The van der Waals surface area contributed by atoms with Crippen LogP contribution in [0.1, 0.15) is 24.7 Å². The minimum Gasteiger partial charge on any atom is -0.339 e. The van der Waals surface area contributed by atoms with Gasteiger partial charge in [0, 0.05) is 45.5 Å². The Balaban J connectivity index is 1.48. The lowest BCUT2D eigenvalue weighted by Gasteiger charge is -2.22. The monoisotopic (exact) mass is 447 g/mol. The number of alkyl halides is 2. The number of hydrogen-bond donors (Lipinski definition) is 1. The number of nitrogens with one attached hydrogen (secondary N) is 1. The Hall–Kier alpha value is -3.15. The molecule has 2 fully saturated rings. The summed E-state index contributed by atoms with van der Waals surface area (Å²) >= 11 is 0.828. The summed E-state index contributed by atoms with van der Waals surface area (Å²) in [5.74, 6) is -2.72. The molecule has 0 spiro atoms. The van der Waals surface area contributed by atoms with Crippen molar-refractivity contribution in [3.63, 3.8) is 0 Å². The molecule has 2 aliphatic heterocycles. The number of rotatable bonds is 4. The minimum absolute atomic E-state index is 0.272. The van der Waals surface area contributed by atoms with E-state index < -0.39 is 17.1 Å². The molecule has 4 heterocycles. The molecule has 0 aromatic carbocycles. The summed E-state index contributed by atoms with van der Waals surface area (Å²) in [5, 5.41) is 1.79. The second-order valence-corrected chi connectivity index (χ2v) is 8.11. The number of amides is 2. The first kappa shape index (κ1) is 21.1. The van der Waals surface area contributed by atoms with Gasteiger partial charge in [-0.1, -0.05) is 0 Å². The first-order chi connectivity index (χ1) is 14.8. The van der Waals surface area contributed by atoms with Crippen molar-refractivity contribution in [1.29, 1.82) is 0 Å². The van der Waals surface area contributed by atoms with Gasteiger partial charge in [-0.05, 0) is 36.4 Å². The van der Waals surface area contributed by atoms with Crippen molar-refractivity contribution >= 4 is 40.9 Å². The van der Waals surface area contributed by atoms with Crippen LogP contribution in [0.3, 0.4) is 0 Å². The molecule has 2 aliphatic rings. The Kier molecular flexibility index (Phi) is 5.81. The number of halogens is 2. The van der Waals surface area contributed by atoms with Crippen LogP contribution in [0.15, 0.2) is 29.4 Å². The van der Waals surface area contributed by atoms with Crippen LogP contribution in [0.2, 0.25) is 0 Å². The van der Waals surface area contributed by atoms with E-state index >= 15 is 0 Å². The predicted molar refractivity (Wildman–Crippen MR) is 112 cm³/mol. The highest BCUT2D eigenvalue weighted by atomic mass is 32.2. The zero-order chi connectivity index (χ0) is 22.0. The van der Waals surface area contributed by atoms with Crippen molar-refractivity contribution in [2.24, 2.45) is 0 Å². The Morgan fingerprint density at radius 1 is 1.03 bits per heavy atom. The number of imide groups is 1. The van der Waals surface area contributed by atoms with E-state index in [0.29, 0.717) is 37.8 Å². The Bertz CT molecular complexity index is 1040. The number of thioether (sulfide) groups is 1. The maximum atomic E-state index is 13.6. The standard InChI is InChI=1S/C19H19F2N7O2S/c1-19(20,21)14-4-6-23-17(25-14)28-8-2-7-27(9-10-28)16-22-5-3-12(24-16)11-13-15(29)26-18(30)31-13/h3-6,11H,2,7-10H2,1H3,(H,26,29,30)/b13-11-. The SMILES string of the molecule is CC(F)(F)c1ccnc(N2CCCN(c3nccc(/C=C4\SC(=O)NC4=O)n3)CC2)n1. The Morgan fingerprint density at radius 2 is 1.68 bits per heavy atom. The van der Waals surface area contributed by atoms with Crippen molar-refractivity contribution in [3.8, 4) is 0 Å². The molecule has 2 aromatic rings. The predicted octanol–water partition coefficient (Wildman–Crippen LogP) is 2.42. The van der Waals surface area contributed by atoms with E-state index in [9.17, 15) is 18.4 Å². The lowest BCUT2D eigenvalue weighted by Crippen LogP contribution is -2.32. The summed E-state index contributed by atoms with van der Waals surface area (Å²) in [6, 6.07) is 2.87. The molecule has 162 valence electrons. The largest absolute Gasteiger partial charge is 0.339 e. The summed E-state index contributed by atoms with van der Waals surface area (Å²) in [4.78, 5) is 44.2. The number of carbonyl (C=O) groups is 2. The molecule has 2 saturated heterocycles. The molecule has 0 aliphatic carbocycles. The normalized spacial score (nSPS) is 19.0. The van der Waals surface area contributed by atoms with E-state index in [0.717, 1.165) is 25.1 Å². The van der Waals surface area contributed by atoms with E-state index in [1.54, 1.807) is 18.3 Å². The highest BCUT2D eigenvalue weighted by Gasteiger charge is 2.28. The third-order valence-electron chi connectivity index (χ3n) is 4.74. The molecule has 12 heteroatoms. The fourth-order valence-electron chi connectivity index (χ4n) is 3.21. The molecule has 0 bridgehead atoms. The first-order valence-corrected chi connectivity index (χ1v) is 10.4. The van der Waals surface area contributed by atoms with Crippen molar-refractivity contribution < 1.29 is 18.4 Å². The van der Waals surface area contributed by atoms with E-state index in [1.165, 1.54) is 12.3 Å². The van der Waals surface area contributed by atoms with Crippen molar-refractivity contribution in [3.05, 3.63) is 40.8 Å². The number of anilines is 2. The minimum atomic E-state index is -3.03. The van der Waals surface area contributed by atoms with E-state index in [1.807, 2.05) is 9.80 Å². The van der Waals surface area contributed by atoms with Gasteiger partial charge in [0.2, 0.25) is 11.9 Å². The molecule has 2 aromatic heterocycles. The third kappa shape index (κ3) is 4.95. The van der Waals surface area contributed by atoms with Gasteiger partial charge in [-0.15, -0.1) is 0 Å². The van der Waals surface area contributed by atoms with Gasteiger partial charge < -0.3 is 9.80 Å². The molecular weight excluding hydrogens is 428 g/mol. The molecular formula is C19H19F2N7O2S. The molecule has 0 unspecified atom stereocenters. The third-order valence-corrected chi connectivity index (χ3v) is 5.55. The zero-order valence-corrected chi connectivity index (χ0v) is 17.4. The molecule has 0 radical (unpaired) electrons. The summed E-state index contributed by atoms with van der Waals surface area (Å²) in [5.41, 5.74) is 0.203. The molecule has 0 atom stereocenters. The summed E-state index contributed by atoms with van der Waals surface area (Å²) < 4.78 is 27.2. The van der Waals surface area contributed by atoms with E-state index in [2.05, 4.69) is 25.3 Å². The van der Waals surface area contributed by atoms with Crippen LogP contribution in [0.5, 0.6) is 0 Å². The molecule has 4 rings (SSSR count). The van der Waals surface area contributed by atoms with Gasteiger partial charge in [0.25, 0.3) is 17.1 Å². The highest BCUT2D eigenvalue weighted by molar-refractivity contribution is 8.18. The fraction of sp³-hybridized carbons (Fsp3) is 0.368. The Labute approximate surface area is 181 Å². The van der Waals surface area contributed by atoms with Crippen LogP contribution in [-0.4, -0.2) is 57.3 Å². The molecule has 2 amide bonds. The maximum absolute atomic E-state index is 13.6. The molecule has 1 N–H and O–H groups in total. The second-order valence-electron chi connectivity index (χ2n) is 7.09. The number of nitrogens with zero attached hydrogens (tertiary/aromatic N) is 6. The first-order valence-electron chi connectivity index (χ1n) is 9.59. The second kappa shape index (κ2) is 8.53.